The smallest absolute Gasteiger partial charge is 0.145 e. The predicted molar refractivity (Wildman–Crippen MR) is 73.2 cm³/mol. The molecular weight excluding hydrogens is 260 g/mol. The standard InChI is InChI=1S/C15H17F2N3/c1-3-18-14(15-19-8-10(2)9-20-15)6-11-4-5-12(16)7-13(11)17/h4-5,7-9,14,18H,3,6H2,1-2H3. The molecule has 5 heteroatoms. The lowest BCUT2D eigenvalue weighted by molar-refractivity contribution is 0.501. The van der Waals surface area contributed by atoms with E-state index in [1.807, 2.05) is 13.8 Å². The molecule has 0 fully saturated rings. The summed E-state index contributed by atoms with van der Waals surface area (Å²) in [5, 5.41) is 3.22. The number of nitrogens with one attached hydrogen (secondary N) is 1. The molecule has 0 aliphatic rings. The largest absolute Gasteiger partial charge is 0.307 e. The Hall–Kier alpha value is -1.88. The molecule has 0 bridgehead atoms. The maximum atomic E-state index is 13.7. The molecule has 2 aromatic rings. The van der Waals surface area contributed by atoms with E-state index in [4.69, 9.17) is 0 Å². The molecule has 0 amide bonds. The van der Waals surface area contributed by atoms with Gasteiger partial charge in [-0.1, -0.05) is 13.0 Å². The van der Waals surface area contributed by atoms with Crippen molar-refractivity contribution in [3.05, 3.63) is 59.2 Å². The fourth-order valence-corrected chi connectivity index (χ4v) is 1.99. The third-order valence-electron chi connectivity index (χ3n) is 3.00. The fourth-order valence-electron chi connectivity index (χ4n) is 1.99. The van der Waals surface area contributed by atoms with Crippen molar-refractivity contribution in [2.45, 2.75) is 26.3 Å². The zero-order valence-electron chi connectivity index (χ0n) is 11.5. The van der Waals surface area contributed by atoms with Crippen LogP contribution in [0.2, 0.25) is 0 Å². The van der Waals surface area contributed by atoms with Crippen molar-refractivity contribution >= 4 is 0 Å². The molecule has 1 aromatic heterocycles. The Balaban J connectivity index is 2.22. The van der Waals surface area contributed by atoms with Gasteiger partial charge in [0.25, 0.3) is 0 Å². The van der Waals surface area contributed by atoms with Gasteiger partial charge in [0.15, 0.2) is 0 Å². The SMILES string of the molecule is CCNC(Cc1ccc(F)cc1F)c1ncc(C)cn1. The number of halogens is 2. The summed E-state index contributed by atoms with van der Waals surface area (Å²) in [5.41, 5.74) is 1.42. The molecule has 0 aliphatic heterocycles. The molecule has 0 saturated carbocycles. The van der Waals surface area contributed by atoms with Gasteiger partial charge in [0, 0.05) is 18.5 Å². The maximum Gasteiger partial charge on any atom is 0.145 e. The van der Waals surface area contributed by atoms with E-state index < -0.39 is 11.6 Å². The predicted octanol–water partition coefficient (Wildman–Crippen LogP) is 2.96. The second-order valence-corrected chi connectivity index (χ2v) is 4.67. The van der Waals surface area contributed by atoms with Crippen molar-refractivity contribution in [2.75, 3.05) is 6.54 Å². The van der Waals surface area contributed by atoms with Crippen molar-refractivity contribution in [2.24, 2.45) is 0 Å². The van der Waals surface area contributed by atoms with Crippen LogP contribution in [0.3, 0.4) is 0 Å². The van der Waals surface area contributed by atoms with Crippen molar-refractivity contribution < 1.29 is 8.78 Å². The van der Waals surface area contributed by atoms with Crippen molar-refractivity contribution in [3.8, 4) is 0 Å². The number of aromatic nitrogens is 2. The van der Waals surface area contributed by atoms with Crippen LogP contribution in [0.5, 0.6) is 0 Å². The molecule has 0 saturated heterocycles. The normalized spacial score (nSPS) is 12.4. The molecule has 1 heterocycles. The van der Waals surface area contributed by atoms with Crippen LogP contribution in [0.4, 0.5) is 8.78 Å². The molecule has 106 valence electrons. The summed E-state index contributed by atoms with van der Waals surface area (Å²) < 4.78 is 26.6. The van der Waals surface area contributed by atoms with E-state index in [2.05, 4.69) is 15.3 Å². The van der Waals surface area contributed by atoms with Crippen molar-refractivity contribution in [1.82, 2.24) is 15.3 Å². The first-order valence-electron chi connectivity index (χ1n) is 6.56. The minimum atomic E-state index is -0.571. The molecule has 1 atom stereocenters. The molecule has 1 N–H and O–H groups in total. The number of nitrogens with zero attached hydrogens (tertiary/aromatic N) is 2. The summed E-state index contributed by atoms with van der Waals surface area (Å²) in [6.45, 7) is 4.58. The summed E-state index contributed by atoms with van der Waals surface area (Å²) in [6.07, 6.45) is 3.84. The number of hydrogen-bond donors (Lipinski definition) is 1. The van der Waals surface area contributed by atoms with Crippen LogP contribution < -0.4 is 5.32 Å². The summed E-state index contributed by atoms with van der Waals surface area (Å²) in [5.74, 6) is -0.501. The number of likely N-dealkylation sites (N-methyl/N-ethyl adjacent to an activating group) is 1. The number of benzene rings is 1. The number of rotatable bonds is 5. The van der Waals surface area contributed by atoms with Gasteiger partial charge in [-0.3, -0.25) is 0 Å². The van der Waals surface area contributed by atoms with Gasteiger partial charge in [0.1, 0.15) is 17.5 Å². The first kappa shape index (κ1) is 14.5. The minimum Gasteiger partial charge on any atom is -0.307 e. The molecule has 0 aliphatic carbocycles. The molecular formula is C15H17F2N3. The summed E-state index contributed by atoms with van der Waals surface area (Å²) >= 11 is 0. The van der Waals surface area contributed by atoms with E-state index in [0.29, 0.717) is 24.4 Å². The zero-order valence-corrected chi connectivity index (χ0v) is 11.5. The lowest BCUT2D eigenvalue weighted by Crippen LogP contribution is -2.25. The minimum absolute atomic E-state index is 0.194. The van der Waals surface area contributed by atoms with Gasteiger partial charge >= 0.3 is 0 Å². The summed E-state index contributed by atoms with van der Waals surface area (Å²) in [7, 11) is 0. The third kappa shape index (κ3) is 3.57. The van der Waals surface area contributed by atoms with E-state index in [-0.39, 0.29) is 6.04 Å². The highest BCUT2D eigenvalue weighted by Crippen LogP contribution is 2.18. The summed E-state index contributed by atoms with van der Waals surface area (Å²) in [6, 6.07) is 3.43. The average molecular weight is 277 g/mol. The van der Waals surface area contributed by atoms with Gasteiger partial charge in [0.2, 0.25) is 0 Å². The van der Waals surface area contributed by atoms with Gasteiger partial charge in [0.05, 0.1) is 6.04 Å². The Morgan fingerprint density at radius 1 is 1.20 bits per heavy atom. The Morgan fingerprint density at radius 2 is 1.90 bits per heavy atom. The molecule has 2 rings (SSSR count). The maximum absolute atomic E-state index is 13.7. The monoisotopic (exact) mass is 277 g/mol. The van der Waals surface area contributed by atoms with Gasteiger partial charge in [-0.2, -0.15) is 0 Å². The van der Waals surface area contributed by atoms with Gasteiger partial charge < -0.3 is 5.32 Å². The van der Waals surface area contributed by atoms with Crippen LogP contribution in [0.15, 0.2) is 30.6 Å². The van der Waals surface area contributed by atoms with E-state index >= 15 is 0 Å². The molecule has 0 radical (unpaired) electrons. The van der Waals surface area contributed by atoms with Crippen molar-refractivity contribution in [1.29, 1.82) is 0 Å². The average Bonchev–Trinajstić information content (AvgIpc) is 2.42. The Kier molecular flexibility index (Phi) is 4.74. The van der Waals surface area contributed by atoms with Crippen LogP contribution in [-0.2, 0) is 6.42 Å². The molecule has 1 unspecified atom stereocenters. The highest BCUT2D eigenvalue weighted by Gasteiger charge is 2.16. The first-order valence-corrected chi connectivity index (χ1v) is 6.56. The quantitative estimate of drug-likeness (QED) is 0.913. The first-order chi connectivity index (χ1) is 9.60. The third-order valence-corrected chi connectivity index (χ3v) is 3.00. The van der Waals surface area contributed by atoms with Crippen LogP contribution >= 0.6 is 0 Å². The van der Waals surface area contributed by atoms with Crippen LogP contribution in [0.1, 0.15) is 29.9 Å². The van der Waals surface area contributed by atoms with E-state index in [0.717, 1.165) is 11.6 Å². The Labute approximate surface area is 117 Å². The van der Waals surface area contributed by atoms with Gasteiger partial charge in [-0.25, -0.2) is 18.7 Å². The second kappa shape index (κ2) is 6.52. The van der Waals surface area contributed by atoms with Crippen LogP contribution in [-0.4, -0.2) is 16.5 Å². The zero-order chi connectivity index (χ0) is 14.5. The lowest BCUT2D eigenvalue weighted by Gasteiger charge is -2.17. The molecule has 0 spiro atoms. The topological polar surface area (TPSA) is 37.8 Å². The van der Waals surface area contributed by atoms with Crippen molar-refractivity contribution in [3.63, 3.8) is 0 Å². The summed E-state index contributed by atoms with van der Waals surface area (Å²) in [4.78, 5) is 8.54. The molecule has 1 aromatic carbocycles. The second-order valence-electron chi connectivity index (χ2n) is 4.67. The highest BCUT2D eigenvalue weighted by atomic mass is 19.1. The Bertz CT molecular complexity index is 570. The van der Waals surface area contributed by atoms with Gasteiger partial charge in [-0.05, 0) is 37.1 Å². The van der Waals surface area contributed by atoms with Crippen LogP contribution in [0, 0.1) is 18.6 Å². The number of hydrogen-bond acceptors (Lipinski definition) is 3. The number of aryl methyl sites for hydroxylation is 1. The molecule has 3 nitrogen and oxygen atoms in total. The Morgan fingerprint density at radius 3 is 2.50 bits per heavy atom. The van der Waals surface area contributed by atoms with E-state index in [1.54, 1.807) is 12.4 Å². The van der Waals surface area contributed by atoms with E-state index in [1.165, 1.54) is 12.1 Å². The van der Waals surface area contributed by atoms with Crippen LogP contribution in [0.25, 0.3) is 0 Å². The molecule has 20 heavy (non-hydrogen) atoms. The highest BCUT2D eigenvalue weighted by molar-refractivity contribution is 5.21. The fraction of sp³-hybridized carbons (Fsp3) is 0.333. The van der Waals surface area contributed by atoms with E-state index in [9.17, 15) is 8.78 Å². The lowest BCUT2D eigenvalue weighted by atomic mass is 10.0. The van der Waals surface area contributed by atoms with Gasteiger partial charge in [-0.15, -0.1) is 0 Å².